The van der Waals surface area contributed by atoms with Crippen molar-refractivity contribution < 1.29 is 9.63 Å². The number of hydrogen-bond acceptors (Lipinski definition) is 5. The number of aliphatic hydroxyl groups is 1. The van der Waals surface area contributed by atoms with E-state index in [-0.39, 0.29) is 12.6 Å². The molecule has 0 saturated carbocycles. The Hall–Kier alpha value is -0.940. The second-order valence-electron chi connectivity index (χ2n) is 3.28. The molecule has 0 radical (unpaired) electrons. The highest BCUT2D eigenvalue weighted by molar-refractivity contribution is 4.83. The highest BCUT2D eigenvalue weighted by atomic mass is 16.5. The van der Waals surface area contributed by atoms with Crippen LogP contribution in [0.3, 0.4) is 0 Å². The van der Waals surface area contributed by atoms with E-state index in [9.17, 15) is 0 Å². The maximum absolute atomic E-state index is 9.06. The van der Waals surface area contributed by atoms with Gasteiger partial charge < -0.3 is 9.63 Å². The van der Waals surface area contributed by atoms with E-state index >= 15 is 0 Å². The number of aromatic nitrogens is 2. The fraction of sp³-hybridized carbons (Fsp3) is 0.750. The molecule has 2 heterocycles. The predicted octanol–water partition coefficient (Wildman–Crippen LogP) is 0.0263. The number of nitrogens with zero attached hydrogens (tertiary/aromatic N) is 3. The summed E-state index contributed by atoms with van der Waals surface area (Å²) in [6.45, 7) is 1.88. The van der Waals surface area contributed by atoms with Gasteiger partial charge in [-0.3, -0.25) is 4.90 Å². The SMILES string of the molecule is OCC1CCCN1Cc1ncno1. The highest BCUT2D eigenvalue weighted by Gasteiger charge is 2.24. The van der Waals surface area contributed by atoms with Crippen LogP contribution in [0.5, 0.6) is 0 Å². The minimum absolute atomic E-state index is 0.216. The Morgan fingerprint density at radius 2 is 2.62 bits per heavy atom. The zero-order valence-electron chi connectivity index (χ0n) is 7.39. The third-order valence-electron chi connectivity index (χ3n) is 2.46. The van der Waals surface area contributed by atoms with Crippen LogP contribution in [0.15, 0.2) is 10.9 Å². The van der Waals surface area contributed by atoms with Crippen LogP contribution < -0.4 is 0 Å². The summed E-state index contributed by atoms with van der Waals surface area (Å²) in [6.07, 6.45) is 3.60. The van der Waals surface area contributed by atoms with Crippen molar-refractivity contribution in [3.05, 3.63) is 12.2 Å². The molecule has 0 aliphatic carbocycles. The van der Waals surface area contributed by atoms with Crippen molar-refractivity contribution in [2.45, 2.75) is 25.4 Å². The van der Waals surface area contributed by atoms with E-state index < -0.39 is 0 Å². The third kappa shape index (κ3) is 1.87. The zero-order chi connectivity index (χ0) is 9.10. The first-order chi connectivity index (χ1) is 6.40. The quantitative estimate of drug-likeness (QED) is 0.716. The van der Waals surface area contributed by atoms with Gasteiger partial charge in [-0.2, -0.15) is 4.98 Å². The van der Waals surface area contributed by atoms with Gasteiger partial charge in [0.15, 0.2) is 6.33 Å². The Kier molecular flexibility index (Phi) is 2.56. The molecule has 2 rings (SSSR count). The second-order valence-corrected chi connectivity index (χ2v) is 3.28. The summed E-state index contributed by atoms with van der Waals surface area (Å²) in [7, 11) is 0. The van der Waals surface area contributed by atoms with Crippen molar-refractivity contribution in [1.82, 2.24) is 15.0 Å². The molecule has 1 aromatic heterocycles. The van der Waals surface area contributed by atoms with Crippen molar-refractivity contribution in [3.8, 4) is 0 Å². The van der Waals surface area contributed by atoms with E-state index in [1.165, 1.54) is 6.33 Å². The van der Waals surface area contributed by atoms with Gasteiger partial charge in [-0.15, -0.1) is 0 Å². The molecule has 1 aliphatic heterocycles. The smallest absolute Gasteiger partial charge is 0.240 e. The molecule has 1 aromatic rings. The van der Waals surface area contributed by atoms with E-state index in [4.69, 9.17) is 9.63 Å². The molecule has 1 atom stereocenters. The van der Waals surface area contributed by atoms with Gasteiger partial charge in [-0.05, 0) is 19.4 Å². The summed E-state index contributed by atoms with van der Waals surface area (Å²) in [5, 5.41) is 12.6. The van der Waals surface area contributed by atoms with Crippen LogP contribution in [0.25, 0.3) is 0 Å². The van der Waals surface area contributed by atoms with Crippen LogP contribution in [0.4, 0.5) is 0 Å². The molecule has 0 bridgehead atoms. The molecule has 13 heavy (non-hydrogen) atoms. The Morgan fingerprint density at radius 1 is 1.69 bits per heavy atom. The van der Waals surface area contributed by atoms with Gasteiger partial charge in [0.1, 0.15) is 0 Å². The van der Waals surface area contributed by atoms with Crippen LogP contribution in [0.2, 0.25) is 0 Å². The topological polar surface area (TPSA) is 62.4 Å². The van der Waals surface area contributed by atoms with Crippen molar-refractivity contribution in [2.24, 2.45) is 0 Å². The Morgan fingerprint density at radius 3 is 3.31 bits per heavy atom. The summed E-state index contributed by atoms with van der Waals surface area (Å²) in [5.74, 6) is 0.625. The van der Waals surface area contributed by atoms with Crippen LogP contribution in [-0.4, -0.2) is 39.3 Å². The van der Waals surface area contributed by atoms with Crippen molar-refractivity contribution in [3.63, 3.8) is 0 Å². The van der Waals surface area contributed by atoms with Crippen LogP contribution in [-0.2, 0) is 6.54 Å². The normalized spacial score (nSPS) is 23.9. The predicted molar refractivity (Wildman–Crippen MR) is 44.8 cm³/mol. The van der Waals surface area contributed by atoms with Gasteiger partial charge in [0.25, 0.3) is 0 Å². The summed E-state index contributed by atoms with van der Waals surface area (Å²) in [5.41, 5.74) is 0. The Bertz CT molecular complexity index is 250. The summed E-state index contributed by atoms with van der Waals surface area (Å²) in [6, 6.07) is 0.270. The summed E-state index contributed by atoms with van der Waals surface area (Å²) < 4.78 is 4.90. The maximum Gasteiger partial charge on any atom is 0.240 e. The third-order valence-corrected chi connectivity index (χ3v) is 2.46. The minimum Gasteiger partial charge on any atom is -0.395 e. The fourth-order valence-corrected chi connectivity index (χ4v) is 1.75. The largest absolute Gasteiger partial charge is 0.395 e. The minimum atomic E-state index is 0.216. The van der Waals surface area contributed by atoms with Crippen molar-refractivity contribution in [2.75, 3.05) is 13.2 Å². The number of hydrogen-bond donors (Lipinski definition) is 1. The first kappa shape index (κ1) is 8.65. The molecule has 0 amide bonds. The lowest BCUT2D eigenvalue weighted by Crippen LogP contribution is -2.31. The van der Waals surface area contributed by atoms with Crippen LogP contribution >= 0.6 is 0 Å². The van der Waals surface area contributed by atoms with Gasteiger partial charge in [0, 0.05) is 6.04 Å². The molecule has 1 N–H and O–H groups in total. The van der Waals surface area contributed by atoms with Crippen molar-refractivity contribution >= 4 is 0 Å². The highest BCUT2D eigenvalue weighted by Crippen LogP contribution is 2.18. The first-order valence-corrected chi connectivity index (χ1v) is 4.50. The maximum atomic E-state index is 9.06. The van der Waals surface area contributed by atoms with Crippen molar-refractivity contribution in [1.29, 1.82) is 0 Å². The zero-order valence-corrected chi connectivity index (χ0v) is 7.39. The van der Waals surface area contributed by atoms with Gasteiger partial charge in [0.2, 0.25) is 5.89 Å². The summed E-state index contributed by atoms with van der Waals surface area (Å²) in [4.78, 5) is 6.12. The number of aliphatic hydroxyl groups excluding tert-OH is 1. The van der Waals surface area contributed by atoms with E-state index in [1.54, 1.807) is 0 Å². The average molecular weight is 183 g/mol. The molecule has 72 valence electrons. The molecule has 0 aromatic carbocycles. The van der Waals surface area contributed by atoms with Gasteiger partial charge in [-0.25, -0.2) is 0 Å². The van der Waals surface area contributed by atoms with Gasteiger partial charge in [0.05, 0.1) is 13.2 Å². The monoisotopic (exact) mass is 183 g/mol. The van der Waals surface area contributed by atoms with Gasteiger partial charge in [-0.1, -0.05) is 5.16 Å². The number of likely N-dealkylation sites (tertiary alicyclic amines) is 1. The Balaban J connectivity index is 1.94. The lowest BCUT2D eigenvalue weighted by Gasteiger charge is -2.19. The molecule has 1 aliphatic rings. The summed E-state index contributed by atoms with van der Waals surface area (Å²) >= 11 is 0. The second kappa shape index (κ2) is 3.85. The Labute approximate surface area is 76.4 Å². The van der Waals surface area contributed by atoms with E-state index in [0.29, 0.717) is 12.4 Å². The molecule has 0 spiro atoms. The molecule has 1 fully saturated rings. The first-order valence-electron chi connectivity index (χ1n) is 4.50. The van der Waals surface area contributed by atoms with E-state index in [0.717, 1.165) is 19.4 Å². The lowest BCUT2D eigenvalue weighted by atomic mass is 10.2. The fourth-order valence-electron chi connectivity index (χ4n) is 1.75. The average Bonchev–Trinajstić information content (AvgIpc) is 2.76. The molecule has 1 saturated heterocycles. The molecule has 5 nitrogen and oxygen atoms in total. The van der Waals surface area contributed by atoms with Crippen LogP contribution in [0.1, 0.15) is 18.7 Å². The molecule has 5 heteroatoms. The van der Waals surface area contributed by atoms with E-state index in [1.807, 2.05) is 0 Å². The number of rotatable bonds is 3. The van der Waals surface area contributed by atoms with E-state index in [2.05, 4.69) is 15.0 Å². The van der Waals surface area contributed by atoms with Crippen LogP contribution in [0, 0.1) is 0 Å². The molecule has 1 unspecified atom stereocenters. The standard InChI is InChI=1S/C8H13N3O2/c12-5-7-2-1-3-11(7)4-8-9-6-10-13-8/h6-7,12H,1-5H2. The molecular formula is C8H13N3O2. The lowest BCUT2D eigenvalue weighted by molar-refractivity contribution is 0.141. The molecular weight excluding hydrogens is 170 g/mol. The van der Waals surface area contributed by atoms with Gasteiger partial charge >= 0.3 is 0 Å².